The third-order valence-electron chi connectivity index (χ3n) is 3.97. The number of hydrogen-bond acceptors (Lipinski definition) is 3. The normalized spacial score (nSPS) is 18.1. The molecule has 1 fully saturated rings. The maximum Gasteiger partial charge on any atom is 0.188 e. The van der Waals surface area contributed by atoms with Crippen LogP contribution >= 0.6 is 0 Å². The molecule has 0 radical (unpaired) electrons. The zero-order valence-electron chi connectivity index (χ0n) is 13.5. The Morgan fingerprint density at radius 3 is 2.77 bits per heavy atom. The first-order valence-electron chi connectivity index (χ1n) is 8.14. The van der Waals surface area contributed by atoms with Crippen molar-refractivity contribution >= 4 is 5.96 Å². The molecule has 3 N–H and O–H groups in total. The van der Waals surface area contributed by atoms with Crippen LogP contribution in [0, 0.1) is 0 Å². The standard InChI is InChI=1S/C17H28N4O/c1-15(16-6-3-2-4-7-16)14-20-17(18)19-8-5-9-21-10-12-22-13-11-21/h2-4,6-7,15H,5,8-14H2,1H3,(H3,18,19,20). The van der Waals surface area contributed by atoms with Crippen molar-refractivity contribution < 1.29 is 4.74 Å². The number of ether oxygens (including phenoxy) is 1. The maximum atomic E-state index is 5.92. The van der Waals surface area contributed by atoms with E-state index in [4.69, 9.17) is 10.5 Å². The highest BCUT2D eigenvalue weighted by molar-refractivity contribution is 5.77. The first kappa shape index (κ1) is 16.8. The van der Waals surface area contributed by atoms with E-state index >= 15 is 0 Å². The molecule has 122 valence electrons. The summed E-state index contributed by atoms with van der Waals surface area (Å²) in [6, 6.07) is 10.4. The molecular weight excluding hydrogens is 276 g/mol. The number of benzene rings is 1. The molecule has 1 aliphatic heterocycles. The van der Waals surface area contributed by atoms with E-state index in [1.54, 1.807) is 0 Å². The number of rotatable bonds is 7. The molecule has 1 aromatic carbocycles. The van der Waals surface area contributed by atoms with Crippen LogP contribution in [0.3, 0.4) is 0 Å². The summed E-state index contributed by atoms with van der Waals surface area (Å²) in [6.45, 7) is 8.63. The molecule has 1 unspecified atom stereocenters. The van der Waals surface area contributed by atoms with Crippen LogP contribution in [-0.2, 0) is 4.74 Å². The van der Waals surface area contributed by atoms with E-state index in [2.05, 4.69) is 46.4 Å². The Kier molecular flexibility index (Phi) is 7.19. The highest BCUT2D eigenvalue weighted by atomic mass is 16.5. The molecule has 0 bridgehead atoms. The second kappa shape index (κ2) is 9.43. The molecule has 0 aliphatic carbocycles. The highest BCUT2D eigenvalue weighted by Gasteiger charge is 2.09. The van der Waals surface area contributed by atoms with Crippen molar-refractivity contribution in [2.24, 2.45) is 10.7 Å². The summed E-state index contributed by atoms with van der Waals surface area (Å²) in [5, 5.41) is 3.20. The van der Waals surface area contributed by atoms with E-state index in [0.717, 1.165) is 45.8 Å². The summed E-state index contributed by atoms with van der Waals surface area (Å²) in [5.41, 5.74) is 7.22. The molecule has 1 aliphatic rings. The number of nitrogens with zero attached hydrogens (tertiary/aromatic N) is 2. The van der Waals surface area contributed by atoms with Gasteiger partial charge in [0.2, 0.25) is 0 Å². The van der Waals surface area contributed by atoms with Gasteiger partial charge in [0.05, 0.1) is 13.2 Å². The zero-order chi connectivity index (χ0) is 15.6. The minimum Gasteiger partial charge on any atom is -0.379 e. The number of nitrogens with one attached hydrogen (secondary N) is 1. The Morgan fingerprint density at radius 1 is 1.32 bits per heavy atom. The van der Waals surface area contributed by atoms with E-state index in [-0.39, 0.29) is 0 Å². The van der Waals surface area contributed by atoms with Gasteiger partial charge in [0.25, 0.3) is 0 Å². The smallest absolute Gasteiger partial charge is 0.188 e. The topological polar surface area (TPSA) is 62.9 Å². The Bertz CT molecular complexity index is 443. The van der Waals surface area contributed by atoms with Crippen molar-refractivity contribution in [3.8, 4) is 0 Å². The molecule has 5 nitrogen and oxygen atoms in total. The minimum absolute atomic E-state index is 0.384. The molecule has 5 heteroatoms. The van der Waals surface area contributed by atoms with E-state index in [1.165, 1.54) is 5.56 Å². The molecule has 0 aromatic heterocycles. The molecular formula is C17H28N4O. The predicted octanol–water partition coefficient (Wildman–Crippen LogP) is 1.42. The Hall–Kier alpha value is -1.59. The lowest BCUT2D eigenvalue weighted by atomic mass is 10.0. The van der Waals surface area contributed by atoms with Crippen molar-refractivity contribution in [2.75, 3.05) is 45.9 Å². The SMILES string of the molecule is CC(CN=C(N)NCCCN1CCOCC1)c1ccccc1. The lowest BCUT2D eigenvalue weighted by Crippen LogP contribution is -2.39. The average Bonchev–Trinajstić information content (AvgIpc) is 2.58. The molecule has 0 saturated carbocycles. The fourth-order valence-corrected chi connectivity index (χ4v) is 2.52. The van der Waals surface area contributed by atoms with Gasteiger partial charge in [-0.15, -0.1) is 0 Å². The van der Waals surface area contributed by atoms with Crippen molar-refractivity contribution in [3.05, 3.63) is 35.9 Å². The van der Waals surface area contributed by atoms with Crippen molar-refractivity contribution in [1.82, 2.24) is 10.2 Å². The van der Waals surface area contributed by atoms with E-state index < -0.39 is 0 Å². The fraction of sp³-hybridized carbons (Fsp3) is 0.588. The van der Waals surface area contributed by atoms with Gasteiger partial charge >= 0.3 is 0 Å². The van der Waals surface area contributed by atoms with Gasteiger partial charge in [-0.1, -0.05) is 37.3 Å². The molecule has 1 saturated heterocycles. The predicted molar refractivity (Wildman–Crippen MR) is 91.2 cm³/mol. The molecule has 0 spiro atoms. The van der Waals surface area contributed by atoms with Gasteiger partial charge < -0.3 is 15.8 Å². The van der Waals surface area contributed by atoms with Crippen LogP contribution in [0.1, 0.15) is 24.8 Å². The van der Waals surface area contributed by atoms with Gasteiger partial charge in [-0.25, -0.2) is 0 Å². The lowest BCUT2D eigenvalue weighted by Gasteiger charge is -2.26. The summed E-state index contributed by atoms with van der Waals surface area (Å²) in [5.74, 6) is 0.930. The van der Waals surface area contributed by atoms with E-state index in [1.807, 2.05) is 6.07 Å². The van der Waals surface area contributed by atoms with Crippen molar-refractivity contribution in [2.45, 2.75) is 19.3 Å². The summed E-state index contributed by atoms with van der Waals surface area (Å²) in [7, 11) is 0. The second-order valence-corrected chi connectivity index (χ2v) is 5.77. The van der Waals surface area contributed by atoms with Gasteiger partial charge in [-0.3, -0.25) is 9.89 Å². The number of aliphatic imine (C=N–C) groups is 1. The quantitative estimate of drug-likeness (QED) is 0.454. The first-order valence-corrected chi connectivity index (χ1v) is 8.14. The second-order valence-electron chi connectivity index (χ2n) is 5.77. The monoisotopic (exact) mass is 304 g/mol. The van der Waals surface area contributed by atoms with Gasteiger partial charge in [0.1, 0.15) is 0 Å². The third-order valence-corrected chi connectivity index (χ3v) is 3.97. The number of nitrogens with two attached hydrogens (primary N) is 1. The summed E-state index contributed by atoms with van der Waals surface area (Å²) in [6.07, 6.45) is 1.07. The summed E-state index contributed by atoms with van der Waals surface area (Å²) < 4.78 is 5.34. The van der Waals surface area contributed by atoms with Crippen LogP contribution in [0.5, 0.6) is 0 Å². The molecule has 2 rings (SSSR count). The van der Waals surface area contributed by atoms with Crippen LogP contribution < -0.4 is 11.1 Å². The Balaban J connectivity index is 1.61. The van der Waals surface area contributed by atoms with Crippen LogP contribution in [0.25, 0.3) is 0 Å². The lowest BCUT2D eigenvalue weighted by molar-refractivity contribution is 0.0376. The zero-order valence-corrected chi connectivity index (χ0v) is 13.5. The largest absolute Gasteiger partial charge is 0.379 e. The van der Waals surface area contributed by atoms with Crippen LogP contribution in [0.4, 0.5) is 0 Å². The van der Waals surface area contributed by atoms with E-state index in [9.17, 15) is 0 Å². The van der Waals surface area contributed by atoms with Gasteiger partial charge in [0, 0.05) is 32.1 Å². The maximum absolute atomic E-state index is 5.92. The van der Waals surface area contributed by atoms with E-state index in [0.29, 0.717) is 18.4 Å². The van der Waals surface area contributed by atoms with Gasteiger partial charge in [-0.05, 0) is 18.5 Å². The van der Waals surface area contributed by atoms with Gasteiger partial charge in [0.15, 0.2) is 5.96 Å². The number of morpholine rings is 1. The Labute approximate surface area is 133 Å². The highest BCUT2D eigenvalue weighted by Crippen LogP contribution is 2.14. The van der Waals surface area contributed by atoms with Crippen LogP contribution in [0.15, 0.2) is 35.3 Å². The molecule has 22 heavy (non-hydrogen) atoms. The van der Waals surface area contributed by atoms with Crippen LogP contribution in [-0.4, -0.2) is 56.8 Å². The average molecular weight is 304 g/mol. The van der Waals surface area contributed by atoms with Crippen molar-refractivity contribution in [3.63, 3.8) is 0 Å². The van der Waals surface area contributed by atoms with Crippen LogP contribution in [0.2, 0.25) is 0 Å². The molecule has 0 amide bonds. The summed E-state index contributed by atoms with van der Waals surface area (Å²) >= 11 is 0. The molecule has 1 heterocycles. The number of guanidine groups is 1. The molecule has 1 atom stereocenters. The third kappa shape index (κ3) is 6.03. The minimum atomic E-state index is 0.384. The van der Waals surface area contributed by atoms with Crippen molar-refractivity contribution in [1.29, 1.82) is 0 Å². The fourth-order valence-electron chi connectivity index (χ4n) is 2.52. The van der Waals surface area contributed by atoms with Gasteiger partial charge in [-0.2, -0.15) is 0 Å². The summed E-state index contributed by atoms with van der Waals surface area (Å²) in [4.78, 5) is 6.86. The molecule has 1 aromatic rings. The first-order chi connectivity index (χ1) is 10.8. The Morgan fingerprint density at radius 2 is 2.05 bits per heavy atom. The number of hydrogen-bond donors (Lipinski definition) is 2.